The zero-order valence-electron chi connectivity index (χ0n) is 19.8. The molecule has 0 fully saturated rings. The third-order valence-corrected chi connectivity index (χ3v) is 7.86. The predicted octanol–water partition coefficient (Wildman–Crippen LogP) is 2.79. The Bertz CT molecular complexity index is 1240. The van der Waals surface area contributed by atoms with Gasteiger partial charge in [-0.05, 0) is 76.1 Å². The molecule has 0 heterocycles. The molecule has 9 nitrogen and oxygen atoms in total. The number of sulfonamides is 2. The quantitative estimate of drug-likeness (QED) is 0.549. The molecule has 11 heteroatoms. The number of carbonyl (C=O) groups is 1. The van der Waals surface area contributed by atoms with Crippen molar-refractivity contribution in [1.29, 1.82) is 0 Å². The molecule has 2 aromatic rings. The van der Waals surface area contributed by atoms with Crippen LogP contribution in [0.25, 0.3) is 0 Å². The van der Waals surface area contributed by atoms with Gasteiger partial charge in [0.2, 0.25) is 26.0 Å². The van der Waals surface area contributed by atoms with Crippen LogP contribution in [0, 0.1) is 13.8 Å². The number of hydrogen-bond donors (Lipinski definition) is 2. The molecular weight excluding hydrogens is 466 g/mol. The van der Waals surface area contributed by atoms with Gasteiger partial charge in [-0.15, -0.1) is 0 Å². The summed E-state index contributed by atoms with van der Waals surface area (Å²) in [5.41, 5.74) is 2.33. The minimum atomic E-state index is -3.82. The van der Waals surface area contributed by atoms with Crippen LogP contribution in [0.2, 0.25) is 0 Å². The molecule has 2 aromatic carbocycles. The maximum Gasteiger partial charge on any atom is 0.248 e. The first-order valence-corrected chi connectivity index (χ1v) is 13.6. The van der Waals surface area contributed by atoms with Gasteiger partial charge in [0, 0.05) is 6.04 Å². The summed E-state index contributed by atoms with van der Waals surface area (Å²) in [5.74, 6) is -0.417. The highest BCUT2D eigenvalue weighted by Gasteiger charge is 2.30. The zero-order chi connectivity index (χ0) is 25.1. The Morgan fingerprint density at radius 2 is 1.61 bits per heavy atom. The van der Waals surface area contributed by atoms with Crippen LogP contribution in [0.15, 0.2) is 41.3 Å². The molecule has 1 unspecified atom stereocenters. The van der Waals surface area contributed by atoms with Crippen molar-refractivity contribution in [3.8, 4) is 5.75 Å². The van der Waals surface area contributed by atoms with Crippen molar-refractivity contribution in [3.63, 3.8) is 0 Å². The van der Waals surface area contributed by atoms with Crippen LogP contribution in [0.4, 0.5) is 11.4 Å². The fourth-order valence-corrected chi connectivity index (χ4v) is 5.68. The van der Waals surface area contributed by atoms with Crippen molar-refractivity contribution >= 4 is 37.3 Å². The van der Waals surface area contributed by atoms with Gasteiger partial charge in [0.05, 0.1) is 29.6 Å². The van der Waals surface area contributed by atoms with E-state index in [4.69, 9.17) is 4.74 Å². The van der Waals surface area contributed by atoms with Gasteiger partial charge in [0.15, 0.2) is 0 Å². The minimum absolute atomic E-state index is 0.0610. The first-order valence-electron chi connectivity index (χ1n) is 10.2. The Labute approximate surface area is 196 Å². The average molecular weight is 498 g/mol. The summed E-state index contributed by atoms with van der Waals surface area (Å²) in [6, 6.07) is 7.73. The molecule has 0 aliphatic heterocycles. The van der Waals surface area contributed by atoms with Crippen molar-refractivity contribution in [1.82, 2.24) is 4.72 Å². The standard InChI is InChI=1S/C22H31N3O6S2/c1-14(2)24-33(29,30)19-10-11-21(31-6)20(13-19)23-22(26)17(5)25(32(7,27)28)18-9-8-15(3)16(4)12-18/h8-14,17,24H,1-7H3,(H,23,26). The van der Waals surface area contributed by atoms with Gasteiger partial charge < -0.3 is 10.1 Å². The Hall–Kier alpha value is -2.63. The molecular formula is C22H31N3O6S2. The molecule has 2 rings (SSSR count). The molecule has 2 N–H and O–H groups in total. The van der Waals surface area contributed by atoms with Crippen LogP contribution < -0.4 is 19.1 Å². The van der Waals surface area contributed by atoms with E-state index in [2.05, 4.69) is 10.0 Å². The lowest BCUT2D eigenvalue weighted by Crippen LogP contribution is -2.45. The number of amides is 1. The first-order chi connectivity index (χ1) is 15.2. The van der Waals surface area contributed by atoms with Crippen molar-refractivity contribution in [3.05, 3.63) is 47.5 Å². The highest BCUT2D eigenvalue weighted by molar-refractivity contribution is 7.92. The first kappa shape index (κ1) is 26.6. The fraction of sp³-hybridized carbons (Fsp3) is 0.409. The van der Waals surface area contributed by atoms with Crippen LogP contribution in [0.3, 0.4) is 0 Å². The van der Waals surface area contributed by atoms with E-state index in [1.165, 1.54) is 32.2 Å². The van der Waals surface area contributed by atoms with Crippen molar-refractivity contribution in [2.45, 2.75) is 51.6 Å². The monoisotopic (exact) mass is 497 g/mol. The summed E-state index contributed by atoms with van der Waals surface area (Å²) >= 11 is 0. The summed E-state index contributed by atoms with van der Waals surface area (Å²) < 4.78 is 59.0. The highest BCUT2D eigenvalue weighted by atomic mass is 32.2. The SMILES string of the molecule is COc1ccc(S(=O)(=O)NC(C)C)cc1NC(=O)C(C)N(c1ccc(C)c(C)c1)S(C)(=O)=O. The second-order valence-electron chi connectivity index (χ2n) is 8.13. The van der Waals surface area contributed by atoms with Crippen LogP contribution in [0.1, 0.15) is 31.9 Å². The van der Waals surface area contributed by atoms with Crippen molar-refractivity contribution in [2.75, 3.05) is 23.0 Å². The van der Waals surface area contributed by atoms with Crippen LogP contribution in [-0.2, 0) is 24.8 Å². The number of methoxy groups -OCH3 is 1. The fourth-order valence-electron chi connectivity index (χ4n) is 3.24. The summed E-state index contributed by atoms with van der Waals surface area (Å²) in [6.07, 6.45) is 1.03. The van der Waals surface area contributed by atoms with Gasteiger partial charge in [-0.2, -0.15) is 0 Å². The lowest BCUT2D eigenvalue weighted by atomic mass is 10.1. The van der Waals surface area contributed by atoms with Crippen molar-refractivity contribution < 1.29 is 26.4 Å². The number of rotatable bonds is 9. The Morgan fingerprint density at radius 3 is 2.12 bits per heavy atom. The summed E-state index contributed by atoms with van der Waals surface area (Å²) in [5, 5.41) is 2.61. The van der Waals surface area contributed by atoms with Crippen LogP contribution in [-0.4, -0.2) is 48.2 Å². The van der Waals surface area contributed by atoms with Gasteiger partial charge in [-0.25, -0.2) is 21.6 Å². The van der Waals surface area contributed by atoms with Gasteiger partial charge in [0.25, 0.3) is 0 Å². The van der Waals surface area contributed by atoms with Crippen molar-refractivity contribution in [2.24, 2.45) is 0 Å². The maximum atomic E-state index is 13.1. The summed E-state index contributed by atoms with van der Waals surface area (Å²) in [7, 11) is -6.25. The van der Waals surface area contributed by atoms with E-state index in [0.717, 1.165) is 21.7 Å². The molecule has 0 aliphatic rings. The van der Waals surface area contributed by atoms with Crippen LogP contribution >= 0.6 is 0 Å². The molecule has 0 aromatic heterocycles. The number of anilines is 2. The van der Waals surface area contributed by atoms with E-state index < -0.39 is 32.0 Å². The topological polar surface area (TPSA) is 122 Å². The normalized spacial score (nSPS) is 13.0. The molecule has 1 amide bonds. The van der Waals surface area contributed by atoms with E-state index in [1.54, 1.807) is 32.0 Å². The predicted molar refractivity (Wildman–Crippen MR) is 130 cm³/mol. The largest absolute Gasteiger partial charge is 0.495 e. The molecule has 0 bridgehead atoms. The maximum absolute atomic E-state index is 13.1. The summed E-state index contributed by atoms with van der Waals surface area (Å²) in [4.78, 5) is 13.0. The Kier molecular flexibility index (Phi) is 8.15. The van der Waals surface area contributed by atoms with E-state index in [9.17, 15) is 21.6 Å². The molecule has 0 saturated carbocycles. The Balaban J connectivity index is 2.44. The van der Waals surface area contributed by atoms with E-state index in [-0.39, 0.29) is 22.4 Å². The van der Waals surface area contributed by atoms with E-state index in [0.29, 0.717) is 5.69 Å². The molecule has 33 heavy (non-hydrogen) atoms. The number of benzene rings is 2. The highest BCUT2D eigenvalue weighted by Crippen LogP contribution is 2.29. The molecule has 0 spiro atoms. The third-order valence-electron chi connectivity index (χ3n) is 4.96. The number of nitrogens with one attached hydrogen (secondary N) is 2. The second-order valence-corrected chi connectivity index (χ2v) is 11.7. The number of aryl methyl sites for hydroxylation is 2. The van der Waals surface area contributed by atoms with Crippen LogP contribution in [0.5, 0.6) is 5.75 Å². The number of nitrogens with zero attached hydrogens (tertiary/aromatic N) is 1. The smallest absolute Gasteiger partial charge is 0.248 e. The summed E-state index contributed by atoms with van der Waals surface area (Å²) in [6.45, 7) is 8.60. The average Bonchev–Trinajstić information content (AvgIpc) is 2.68. The molecule has 1 atom stereocenters. The molecule has 0 saturated heterocycles. The van der Waals surface area contributed by atoms with Gasteiger partial charge in [0.1, 0.15) is 11.8 Å². The lowest BCUT2D eigenvalue weighted by molar-refractivity contribution is -0.116. The zero-order valence-corrected chi connectivity index (χ0v) is 21.5. The molecule has 182 valence electrons. The minimum Gasteiger partial charge on any atom is -0.495 e. The number of carbonyl (C=O) groups excluding carboxylic acids is 1. The van der Waals surface area contributed by atoms with Gasteiger partial charge in [-0.1, -0.05) is 6.07 Å². The lowest BCUT2D eigenvalue weighted by Gasteiger charge is -2.29. The molecule has 0 aliphatic carbocycles. The number of ether oxygens (including phenoxy) is 1. The van der Waals surface area contributed by atoms with Gasteiger partial charge in [-0.3, -0.25) is 9.10 Å². The Morgan fingerprint density at radius 1 is 0.970 bits per heavy atom. The molecule has 0 radical (unpaired) electrons. The second kappa shape index (κ2) is 10.1. The van der Waals surface area contributed by atoms with E-state index >= 15 is 0 Å². The van der Waals surface area contributed by atoms with Gasteiger partial charge >= 0.3 is 0 Å². The number of hydrogen-bond acceptors (Lipinski definition) is 6. The van der Waals surface area contributed by atoms with E-state index in [1.807, 2.05) is 13.8 Å². The third kappa shape index (κ3) is 6.46.